The Bertz CT molecular complexity index is 621. The molecule has 0 saturated heterocycles. The van der Waals surface area contributed by atoms with Gasteiger partial charge in [-0.1, -0.05) is 0 Å². The van der Waals surface area contributed by atoms with Gasteiger partial charge in [0.2, 0.25) is 11.6 Å². The van der Waals surface area contributed by atoms with E-state index in [9.17, 15) is 0 Å². The van der Waals surface area contributed by atoms with Crippen LogP contribution in [-0.2, 0) is 0 Å². The van der Waals surface area contributed by atoms with E-state index in [2.05, 4.69) is 15.9 Å². The second-order valence-corrected chi connectivity index (χ2v) is 4.86. The number of rotatable bonds is 8. The molecule has 116 valence electrons. The van der Waals surface area contributed by atoms with E-state index in [0.717, 1.165) is 25.0 Å². The van der Waals surface area contributed by atoms with Gasteiger partial charge in [0.15, 0.2) is 0 Å². The summed E-state index contributed by atoms with van der Waals surface area (Å²) < 4.78 is 11.1. The van der Waals surface area contributed by atoms with Crippen molar-refractivity contribution in [1.29, 1.82) is 5.26 Å². The topological polar surface area (TPSA) is 59.5 Å². The molecular weight excluding hydrogens is 290 g/mol. The van der Waals surface area contributed by atoms with Crippen molar-refractivity contribution in [3.63, 3.8) is 0 Å². The highest BCUT2D eigenvalue weighted by molar-refractivity contribution is 5.42. The van der Waals surface area contributed by atoms with Crippen molar-refractivity contribution in [1.82, 2.24) is 4.98 Å². The van der Waals surface area contributed by atoms with Gasteiger partial charge >= 0.3 is 0 Å². The van der Waals surface area contributed by atoms with Crippen LogP contribution in [0.4, 0.5) is 5.69 Å². The number of pyridine rings is 1. The van der Waals surface area contributed by atoms with Gasteiger partial charge in [0, 0.05) is 6.20 Å². The lowest BCUT2D eigenvalue weighted by atomic mass is 10.2. The van der Waals surface area contributed by atoms with E-state index < -0.39 is 0 Å². The van der Waals surface area contributed by atoms with Gasteiger partial charge in [-0.2, -0.15) is 5.26 Å². The highest BCUT2D eigenvalue weighted by atomic mass is 16.5. The number of hydrogen-bond acceptors (Lipinski definition) is 4. The minimum Gasteiger partial charge on any atom is -0.494 e. The van der Waals surface area contributed by atoms with Crippen molar-refractivity contribution in [3.8, 4) is 17.7 Å². The van der Waals surface area contributed by atoms with E-state index >= 15 is 0 Å². The summed E-state index contributed by atoms with van der Waals surface area (Å²) in [5, 5.41) is 8.71. The van der Waals surface area contributed by atoms with E-state index in [1.807, 2.05) is 0 Å². The minimum atomic E-state index is 0.511. The molecule has 1 aromatic heterocycles. The highest BCUT2D eigenvalue weighted by Gasteiger charge is 1.98. The summed E-state index contributed by atoms with van der Waals surface area (Å²) in [5.41, 5.74) is 1.14. The molecule has 0 saturated carbocycles. The quantitative estimate of drug-likeness (QED) is 0.543. The third-order valence-electron chi connectivity index (χ3n) is 3.14. The normalized spacial score (nSPS) is 9.65. The van der Waals surface area contributed by atoms with Crippen LogP contribution >= 0.6 is 0 Å². The molecule has 1 aromatic carbocycles. The number of ether oxygens (including phenoxy) is 2. The molecule has 0 atom stereocenters. The fraction of sp³-hybridized carbons (Fsp3) is 0.278. The van der Waals surface area contributed by atoms with Crippen molar-refractivity contribution >= 4 is 5.69 Å². The molecular formula is C18H17N3O2. The van der Waals surface area contributed by atoms with Crippen LogP contribution in [0.1, 0.15) is 24.8 Å². The Balaban J connectivity index is 1.55. The molecule has 2 aromatic rings. The van der Waals surface area contributed by atoms with E-state index in [-0.39, 0.29) is 0 Å². The molecule has 0 amide bonds. The number of nitriles is 1. The van der Waals surface area contributed by atoms with Crippen LogP contribution in [-0.4, -0.2) is 18.2 Å². The zero-order chi connectivity index (χ0) is 16.3. The summed E-state index contributed by atoms with van der Waals surface area (Å²) in [7, 11) is 0. The second kappa shape index (κ2) is 9.07. The molecule has 0 aliphatic carbocycles. The maximum absolute atomic E-state index is 8.71. The van der Waals surface area contributed by atoms with E-state index in [1.54, 1.807) is 36.4 Å². The Hall–Kier alpha value is -3.05. The number of unbranched alkanes of at least 4 members (excludes halogenated alkanes) is 2. The Morgan fingerprint density at radius 1 is 1.00 bits per heavy atom. The van der Waals surface area contributed by atoms with Crippen molar-refractivity contribution in [2.24, 2.45) is 0 Å². The summed E-state index contributed by atoms with van der Waals surface area (Å²) in [4.78, 5) is 7.33. The molecule has 0 radical (unpaired) electrons. The van der Waals surface area contributed by atoms with Crippen molar-refractivity contribution in [3.05, 3.63) is 59.6 Å². The Kier molecular flexibility index (Phi) is 6.43. The first kappa shape index (κ1) is 16.3. The largest absolute Gasteiger partial charge is 0.494 e. The molecule has 0 N–H and O–H groups in total. The van der Waals surface area contributed by atoms with Crippen molar-refractivity contribution in [2.45, 2.75) is 19.3 Å². The number of hydrogen-bond donors (Lipinski definition) is 0. The molecule has 0 fully saturated rings. The molecule has 5 heteroatoms. The zero-order valence-electron chi connectivity index (χ0n) is 12.7. The lowest BCUT2D eigenvalue weighted by molar-refractivity contribution is 0.274. The molecule has 23 heavy (non-hydrogen) atoms. The summed E-state index contributed by atoms with van der Waals surface area (Å²) in [6, 6.07) is 12.6. The van der Waals surface area contributed by atoms with Gasteiger partial charge in [-0.05, 0) is 55.7 Å². The van der Waals surface area contributed by atoms with Crippen LogP contribution in [0.2, 0.25) is 0 Å². The number of nitrogens with zero attached hydrogens (tertiary/aromatic N) is 3. The van der Waals surface area contributed by atoms with Gasteiger partial charge in [0.25, 0.3) is 0 Å². The lowest BCUT2D eigenvalue weighted by Crippen LogP contribution is -2.01. The van der Waals surface area contributed by atoms with Gasteiger partial charge in [-0.25, -0.2) is 9.83 Å². The molecule has 2 rings (SSSR count). The van der Waals surface area contributed by atoms with Gasteiger partial charge in [-0.15, -0.1) is 0 Å². The standard InChI is InChI=1S/C18H17N3O2/c1-20-16-7-10-18(21-14-16)23-12-4-2-3-11-22-17-8-5-15(13-19)6-9-17/h5-10,14H,2-4,11-12H2. The first-order chi connectivity index (χ1) is 11.3. The first-order valence-corrected chi connectivity index (χ1v) is 7.41. The van der Waals surface area contributed by atoms with Crippen LogP contribution in [0, 0.1) is 17.9 Å². The Labute approximate surface area is 135 Å². The third-order valence-corrected chi connectivity index (χ3v) is 3.14. The lowest BCUT2D eigenvalue weighted by Gasteiger charge is -2.07. The molecule has 0 aliphatic heterocycles. The summed E-state index contributed by atoms with van der Waals surface area (Å²) >= 11 is 0. The highest BCUT2D eigenvalue weighted by Crippen LogP contribution is 2.15. The molecule has 0 spiro atoms. The average Bonchev–Trinajstić information content (AvgIpc) is 2.62. The van der Waals surface area contributed by atoms with Crippen LogP contribution in [0.3, 0.4) is 0 Å². The molecule has 0 unspecified atom stereocenters. The number of aromatic nitrogens is 1. The van der Waals surface area contributed by atoms with Crippen molar-refractivity contribution < 1.29 is 9.47 Å². The summed E-state index contributed by atoms with van der Waals surface area (Å²) in [6.45, 7) is 8.09. The maximum Gasteiger partial charge on any atom is 0.210 e. The van der Waals surface area contributed by atoms with Crippen LogP contribution in [0.15, 0.2) is 42.6 Å². The predicted octanol–water partition coefficient (Wildman–Crippen LogP) is 4.13. The van der Waals surface area contributed by atoms with Gasteiger partial charge in [0.1, 0.15) is 5.75 Å². The fourth-order valence-corrected chi connectivity index (χ4v) is 1.90. The fourth-order valence-electron chi connectivity index (χ4n) is 1.90. The van der Waals surface area contributed by atoms with Gasteiger partial charge in [0.05, 0.1) is 31.4 Å². The second-order valence-electron chi connectivity index (χ2n) is 4.86. The predicted molar refractivity (Wildman–Crippen MR) is 86.5 cm³/mol. The SMILES string of the molecule is [C-]#[N+]c1ccc(OCCCCCOc2ccc(C#N)cc2)nc1. The number of benzene rings is 1. The monoisotopic (exact) mass is 307 g/mol. The Morgan fingerprint density at radius 3 is 2.35 bits per heavy atom. The van der Waals surface area contributed by atoms with Crippen LogP contribution in [0.25, 0.3) is 4.85 Å². The van der Waals surface area contributed by atoms with Crippen LogP contribution in [0.5, 0.6) is 11.6 Å². The maximum atomic E-state index is 8.71. The van der Waals surface area contributed by atoms with E-state index in [0.29, 0.717) is 30.3 Å². The smallest absolute Gasteiger partial charge is 0.210 e. The van der Waals surface area contributed by atoms with Crippen molar-refractivity contribution in [2.75, 3.05) is 13.2 Å². The third kappa shape index (κ3) is 5.68. The first-order valence-electron chi connectivity index (χ1n) is 7.41. The molecule has 1 heterocycles. The van der Waals surface area contributed by atoms with E-state index in [4.69, 9.17) is 21.3 Å². The van der Waals surface area contributed by atoms with E-state index in [1.165, 1.54) is 6.20 Å². The minimum absolute atomic E-state index is 0.511. The van der Waals surface area contributed by atoms with Gasteiger partial charge in [-0.3, -0.25) is 0 Å². The Morgan fingerprint density at radius 2 is 1.74 bits per heavy atom. The average molecular weight is 307 g/mol. The zero-order valence-corrected chi connectivity index (χ0v) is 12.7. The molecule has 5 nitrogen and oxygen atoms in total. The summed E-state index contributed by atoms with van der Waals surface area (Å²) in [6.07, 6.45) is 4.36. The summed E-state index contributed by atoms with van der Waals surface area (Å²) in [5.74, 6) is 1.33. The molecule has 0 aliphatic rings. The van der Waals surface area contributed by atoms with Gasteiger partial charge < -0.3 is 9.47 Å². The van der Waals surface area contributed by atoms with Crippen LogP contribution < -0.4 is 9.47 Å². The molecule has 0 bridgehead atoms.